The van der Waals surface area contributed by atoms with Gasteiger partial charge in [-0.15, -0.1) is 0 Å². The molecule has 0 bridgehead atoms. The van der Waals surface area contributed by atoms with Crippen molar-refractivity contribution in [2.75, 3.05) is 17.7 Å². The first kappa shape index (κ1) is 10.9. The molecule has 0 aliphatic carbocycles. The van der Waals surface area contributed by atoms with Gasteiger partial charge >= 0.3 is 0 Å². The van der Waals surface area contributed by atoms with Crippen molar-refractivity contribution in [1.29, 1.82) is 0 Å². The minimum Gasteiger partial charge on any atom is -0.481 e. The van der Waals surface area contributed by atoms with E-state index in [1.807, 2.05) is 6.07 Å². The molecule has 2 heterocycles. The molecule has 0 saturated heterocycles. The molecule has 18 heavy (non-hydrogen) atoms. The minimum atomic E-state index is 0.593. The summed E-state index contributed by atoms with van der Waals surface area (Å²) in [5.74, 6) is 1.39. The van der Waals surface area contributed by atoms with Gasteiger partial charge in [0.15, 0.2) is 5.82 Å². The number of rotatable bonds is 2. The van der Waals surface area contributed by atoms with E-state index in [1.54, 1.807) is 13.2 Å². The van der Waals surface area contributed by atoms with Gasteiger partial charge in [0.25, 0.3) is 0 Å². The monoisotopic (exact) mass is 241 g/mol. The van der Waals surface area contributed by atoms with Crippen LogP contribution >= 0.6 is 0 Å². The van der Waals surface area contributed by atoms with Crippen molar-refractivity contribution < 1.29 is 4.74 Å². The summed E-state index contributed by atoms with van der Waals surface area (Å²) in [5, 5.41) is 0. The Labute approximate surface area is 106 Å². The molecule has 1 aromatic heterocycles. The highest BCUT2D eigenvalue weighted by atomic mass is 16.5. The topological polar surface area (TPSA) is 51.4 Å². The zero-order chi connectivity index (χ0) is 12.5. The Morgan fingerprint density at radius 2 is 1.78 bits per heavy atom. The lowest BCUT2D eigenvalue weighted by atomic mass is 10.1. The van der Waals surface area contributed by atoms with Crippen LogP contribution in [0, 0.1) is 0 Å². The number of pyridine rings is 1. The Morgan fingerprint density at radius 3 is 2.39 bits per heavy atom. The number of methoxy groups -OCH3 is 1. The molecule has 1 aromatic carbocycles. The predicted molar refractivity (Wildman–Crippen MR) is 71.5 cm³/mol. The van der Waals surface area contributed by atoms with Gasteiger partial charge in [0, 0.05) is 19.2 Å². The van der Waals surface area contributed by atoms with Crippen molar-refractivity contribution in [3.8, 4) is 5.88 Å². The van der Waals surface area contributed by atoms with Crippen molar-refractivity contribution in [2.45, 2.75) is 13.1 Å². The highest BCUT2D eigenvalue weighted by molar-refractivity contribution is 5.65. The highest BCUT2D eigenvalue weighted by Crippen LogP contribution is 2.31. The molecule has 0 unspecified atom stereocenters. The molecule has 0 atom stereocenters. The Morgan fingerprint density at radius 1 is 1.11 bits per heavy atom. The Hall–Kier alpha value is -2.23. The summed E-state index contributed by atoms with van der Waals surface area (Å²) in [6.07, 6.45) is 0. The van der Waals surface area contributed by atoms with Gasteiger partial charge < -0.3 is 15.4 Å². The fourth-order valence-corrected chi connectivity index (χ4v) is 2.29. The second-order valence-electron chi connectivity index (χ2n) is 4.39. The predicted octanol–water partition coefficient (Wildman–Crippen LogP) is 2.19. The van der Waals surface area contributed by atoms with Crippen LogP contribution in [0.25, 0.3) is 0 Å². The van der Waals surface area contributed by atoms with E-state index in [0.29, 0.717) is 11.6 Å². The molecule has 2 N–H and O–H groups in total. The lowest BCUT2D eigenvalue weighted by Gasteiger charge is -2.18. The summed E-state index contributed by atoms with van der Waals surface area (Å²) in [6.45, 7) is 1.70. The van der Waals surface area contributed by atoms with E-state index < -0.39 is 0 Å². The van der Waals surface area contributed by atoms with Crippen LogP contribution in [-0.4, -0.2) is 12.1 Å². The average Bonchev–Trinajstić information content (AvgIpc) is 2.82. The maximum Gasteiger partial charge on any atom is 0.215 e. The lowest BCUT2D eigenvalue weighted by Crippen LogP contribution is -2.17. The van der Waals surface area contributed by atoms with E-state index in [-0.39, 0.29) is 0 Å². The Bertz CT molecular complexity index is 558. The SMILES string of the molecule is COc1ccc(N)c(N2Cc3ccccc3C2)n1. The lowest BCUT2D eigenvalue weighted by molar-refractivity contribution is 0.398. The third-order valence-corrected chi connectivity index (χ3v) is 3.23. The molecule has 0 radical (unpaired) electrons. The summed E-state index contributed by atoms with van der Waals surface area (Å²) in [4.78, 5) is 6.60. The number of nitrogen functional groups attached to an aromatic ring is 1. The third kappa shape index (κ3) is 1.76. The number of aromatic nitrogens is 1. The van der Waals surface area contributed by atoms with Crippen molar-refractivity contribution in [3.05, 3.63) is 47.5 Å². The van der Waals surface area contributed by atoms with Crippen LogP contribution in [0.4, 0.5) is 11.5 Å². The number of benzene rings is 1. The second kappa shape index (κ2) is 4.22. The largest absolute Gasteiger partial charge is 0.481 e. The number of nitrogens with two attached hydrogens (primary N) is 1. The van der Waals surface area contributed by atoms with E-state index >= 15 is 0 Å². The van der Waals surface area contributed by atoms with Gasteiger partial charge in [0.2, 0.25) is 5.88 Å². The zero-order valence-corrected chi connectivity index (χ0v) is 10.3. The number of hydrogen-bond acceptors (Lipinski definition) is 4. The first-order valence-electron chi connectivity index (χ1n) is 5.90. The molecule has 0 amide bonds. The normalized spacial score (nSPS) is 13.5. The summed E-state index contributed by atoms with van der Waals surface area (Å²) < 4.78 is 5.15. The summed E-state index contributed by atoms with van der Waals surface area (Å²) in [5.41, 5.74) is 9.35. The molecule has 1 aliphatic rings. The maximum atomic E-state index is 6.00. The number of ether oxygens (including phenoxy) is 1. The van der Waals surface area contributed by atoms with Crippen LogP contribution in [0.5, 0.6) is 5.88 Å². The van der Waals surface area contributed by atoms with Gasteiger partial charge in [-0.1, -0.05) is 24.3 Å². The van der Waals surface area contributed by atoms with Crippen LogP contribution in [0.2, 0.25) is 0 Å². The van der Waals surface area contributed by atoms with Gasteiger partial charge in [-0.2, -0.15) is 4.98 Å². The zero-order valence-electron chi connectivity index (χ0n) is 10.3. The first-order chi connectivity index (χ1) is 8.78. The molecule has 0 spiro atoms. The van der Waals surface area contributed by atoms with Gasteiger partial charge in [-0.05, 0) is 17.2 Å². The van der Waals surface area contributed by atoms with Gasteiger partial charge in [0.05, 0.1) is 12.8 Å². The van der Waals surface area contributed by atoms with E-state index in [4.69, 9.17) is 10.5 Å². The van der Waals surface area contributed by atoms with E-state index in [2.05, 4.69) is 34.1 Å². The van der Waals surface area contributed by atoms with Crippen LogP contribution in [-0.2, 0) is 13.1 Å². The van der Waals surface area contributed by atoms with Crippen LogP contribution in [0.3, 0.4) is 0 Å². The van der Waals surface area contributed by atoms with Crippen molar-refractivity contribution in [1.82, 2.24) is 4.98 Å². The molecule has 92 valence electrons. The Balaban J connectivity index is 1.94. The number of hydrogen-bond donors (Lipinski definition) is 1. The van der Waals surface area contributed by atoms with Crippen LogP contribution < -0.4 is 15.4 Å². The van der Waals surface area contributed by atoms with E-state index in [1.165, 1.54) is 11.1 Å². The molecular weight excluding hydrogens is 226 g/mol. The van der Waals surface area contributed by atoms with Gasteiger partial charge in [-0.3, -0.25) is 0 Å². The highest BCUT2D eigenvalue weighted by Gasteiger charge is 2.21. The fraction of sp³-hybridized carbons (Fsp3) is 0.214. The molecule has 3 rings (SSSR count). The molecular formula is C14H15N3O. The van der Waals surface area contributed by atoms with E-state index in [0.717, 1.165) is 18.9 Å². The van der Waals surface area contributed by atoms with Crippen molar-refractivity contribution in [2.24, 2.45) is 0 Å². The average molecular weight is 241 g/mol. The summed E-state index contributed by atoms with van der Waals surface area (Å²) >= 11 is 0. The van der Waals surface area contributed by atoms with Gasteiger partial charge in [0.1, 0.15) is 0 Å². The van der Waals surface area contributed by atoms with Gasteiger partial charge in [-0.25, -0.2) is 0 Å². The maximum absolute atomic E-state index is 6.00. The number of fused-ring (bicyclic) bond motifs is 1. The molecule has 4 nitrogen and oxygen atoms in total. The molecule has 1 aliphatic heterocycles. The fourth-order valence-electron chi connectivity index (χ4n) is 2.29. The molecule has 0 saturated carbocycles. The van der Waals surface area contributed by atoms with E-state index in [9.17, 15) is 0 Å². The Kier molecular flexibility index (Phi) is 2.55. The quantitative estimate of drug-likeness (QED) is 0.875. The smallest absolute Gasteiger partial charge is 0.215 e. The molecule has 4 heteroatoms. The first-order valence-corrected chi connectivity index (χ1v) is 5.90. The summed E-state index contributed by atoms with van der Waals surface area (Å²) in [7, 11) is 1.61. The minimum absolute atomic E-state index is 0.593. The third-order valence-electron chi connectivity index (χ3n) is 3.23. The standard InChI is InChI=1S/C14H15N3O/c1-18-13-7-6-12(15)14(16-13)17-8-10-4-2-3-5-11(10)9-17/h2-7H,8-9,15H2,1H3. The summed E-state index contributed by atoms with van der Waals surface area (Å²) in [6, 6.07) is 12.0. The second-order valence-corrected chi connectivity index (χ2v) is 4.39. The van der Waals surface area contributed by atoms with Crippen molar-refractivity contribution >= 4 is 11.5 Å². The van der Waals surface area contributed by atoms with Crippen molar-refractivity contribution in [3.63, 3.8) is 0 Å². The number of anilines is 2. The molecule has 2 aromatic rings. The van der Waals surface area contributed by atoms with Crippen LogP contribution in [0.15, 0.2) is 36.4 Å². The molecule has 0 fully saturated rings. The van der Waals surface area contributed by atoms with Crippen LogP contribution in [0.1, 0.15) is 11.1 Å². The number of nitrogens with zero attached hydrogens (tertiary/aromatic N) is 2.